The van der Waals surface area contributed by atoms with Crippen LogP contribution in [0.1, 0.15) is 19.5 Å². The molecule has 0 aliphatic heterocycles. The monoisotopic (exact) mass is 355 g/mol. The summed E-state index contributed by atoms with van der Waals surface area (Å²) in [7, 11) is 0. The summed E-state index contributed by atoms with van der Waals surface area (Å²) < 4.78 is 0. The van der Waals surface area contributed by atoms with Crippen molar-refractivity contribution in [2.45, 2.75) is 20.8 Å². The summed E-state index contributed by atoms with van der Waals surface area (Å²) in [4.78, 5) is 19.8. The van der Waals surface area contributed by atoms with Crippen molar-refractivity contribution in [1.29, 1.82) is 0 Å². The zero-order valence-corrected chi connectivity index (χ0v) is 15.6. The van der Waals surface area contributed by atoms with Gasteiger partial charge in [0.2, 0.25) is 0 Å². The third-order valence-electron chi connectivity index (χ3n) is 4.53. The Balaban J connectivity index is 0.000000872. The van der Waals surface area contributed by atoms with Crippen molar-refractivity contribution < 1.29 is 0 Å². The predicted octanol–water partition coefficient (Wildman–Crippen LogP) is 5.50. The summed E-state index contributed by atoms with van der Waals surface area (Å²) in [6, 6.07) is 10.5. The van der Waals surface area contributed by atoms with E-state index in [0.717, 1.165) is 50.0 Å². The van der Waals surface area contributed by atoms with Gasteiger partial charge in [0.25, 0.3) is 0 Å². The molecule has 0 spiro atoms. The van der Waals surface area contributed by atoms with Gasteiger partial charge in [-0.3, -0.25) is 4.98 Å². The third-order valence-corrected chi connectivity index (χ3v) is 4.53. The summed E-state index contributed by atoms with van der Waals surface area (Å²) in [5.74, 6) is 0. The average Bonchev–Trinajstić information content (AvgIpc) is 3.38. The molecule has 5 nitrogen and oxygen atoms in total. The van der Waals surface area contributed by atoms with Crippen LogP contribution in [0.5, 0.6) is 0 Å². The minimum Gasteiger partial charge on any atom is -0.346 e. The van der Waals surface area contributed by atoms with E-state index >= 15 is 0 Å². The molecular formula is C22H21N5. The van der Waals surface area contributed by atoms with Gasteiger partial charge in [0.15, 0.2) is 0 Å². The van der Waals surface area contributed by atoms with E-state index in [1.165, 1.54) is 0 Å². The largest absolute Gasteiger partial charge is 0.346 e. The van der Waals surface area contributed by atoms with Gasteiger partial charge in [0.05, 0.1) is 0 Å². The molecule has 0 fully saturated rings. The maximum atomic E-state index is 4.60. The van der Waals surface area contributed by atoms with E-state index in [2.05, 4.69) is 43.1 Å². The maximum absolute atomic E-state index is 4.60. The maximum Gasteiger partial charge on any atom is 0.137 e. The van der Waals surface area contributed by atoms with Gasteiger partial charge < -0.3 is 9.97 Å². The van der Waals surface area contributed by atoms with Crippen LogP contribution < -0.4 is 0 Å². The van der Waals surface area contributed by atoms with Gasteiger partial charge in [-0.1, -0.05) is 13.8 Å². The van der Waals surface area contributed by atoms with Crippen LogP contribution in [0, 0.1) is 6.92 Å². The molecule has 0 bridgehead atoms. The number of aryl methyl sites for hydroxylation is 1. The number of fused-ring (bicyclic) bond motifs is 2. The van der Waals surface area contributed by atoms with E-state index in [0.29, 0.717) is 0 Å². The van der Waals surface area contributed by atoms with Crippen molar-refractivity contribution in [1.82, 2.24) is 24.9 Å². The van der Waals surface area contributed by atoms with E-state index in [-0.39, 0.29) is 0 Å². The highest BCUT2D eigenvalue weighted by Crippen LogP contribution is 2.29. The topological polar surface area (TPSA) is 70.2 Å². The number of aromatic nitrogens is 5. The lowest BCUT2D eigenvalue weighted by Crippen LogP contribution is -1.91. The van der Waals surface area contributed by atoms with Crippen LogP contribution in [0.3, 0.4) is 0 Å². The number of rotatable bonds is 2. The molecule has 27 heavy (non-hydrogen) atoms. The lowest BCUT2D eigenvalue weighted by molar-refractivity contribution is 1.20. The zero-order valence-electron chi connectivity index (χ0n) is 15.6. The second kappa shape index (κ2) is 7.03. The number of nitrogens with zero attached hydrogens (tertiary/aromatic N) is 3. The molecular weight excluding hydrogens is 334 g/mol. The number of hydrogen-bond donors (Lipinski definition) is 2. The molecule has 0 radical (unpaired) electrons. The number of pyridine rings is 3. The van der Waals surface area contributed by atoms with E-state index < -0.39 is 0 Å². The fraction of sp³-hybridized carbons (Fsp3) is 0.136. The lowest BCUT2D eigenvalue weighted by atomic mass is 10.0. The standard InChI is InChI=1S/C20H15N5.C2H6/c1-12-18(17-7-14-3-5-22-20(14)25-11-17)8-16(9-23-12)15-6-13-2-4-21-19(13)24-10-15;1-2/h2-11H,1H3,(H,21,24)(H,22,25);1-2H3. The van der Waals surface area contributed by atoms with Crippen LogP contribution in [-0.4, -0.2) is 24.9 Å². The number of aromatic amines is 2. The van der Waals surface area contributed by atoms with Crippen LogP contribution in [0.2, 0.25) is 0 Å². The first-order chi connectivity index (χ1) is 13.3. The molecule has 0 aliphatic rings. The molecule has 0 saturated carbocycles. The fourth-order valence-corrected chi connectivity index (χ4v) is 3.17. The smallest absolute Gasteiger partial charge is 0.137 e. The van der Waals surface area contributed by atoms with Gasteiger partial charge in [0.1, 0.15) is 11.3 Å². The van der Waals surface area contributed by atoms with Gasteiger partial charge in [-0.15, -0.1) is 0 Å². The van der Waals surface area contributed by atoms with E-state index in [4.69, 9.17) is 0 Å². The van der Waals surface area contributed by atoms with Gasteiger partial charge in [0, 0.05) is 69.7 Å². The molecule has 134 valence electrons. The van der Waals surface area contributed by atoms with Crippen molar-refractivity contribution >= 4 is 22.1 Å². The number of hydrogen-bond acceptors (Lipinski definition) is 3. The quantitative estimate of drug-likeness (QED) is 0.439. The van der Waals surface area contributed by atoms with Gasteiger partial charge >= 0.3 is 0 Å². The molecule has 0 aromatic carbocycles. The highest BCUT2D eigenvalue weighted by molar-refractivity contribution is 5.85. The van der Waals surface area contributed by atoms with Gasteiger partial charge in [-0.05, 0) is 37.3 Å². The zero-order chi connectivity index (χ0) is 18.8. The van der Waals surface area contributed by atoms with Crippen LogP contribution in [-0.2, 0) is 0 Å². The normalized spacial score (nSPS) is 10.8. The molecule has 0 aliphatic carbocycles. The summed E-state index contributed by atoms with van der Waals surface area (Å²) in [6.45, 7) is 6.02. The predicted molar refractivity (Wildman–Crippen MR) is 110 cm³/mol. The molecule has 5 aromatic rings. The molecule has 0 saturated heterocycles. The third kappa shape index (κ3) is 3.08. The first-order valence-electron chi connectivity index (χ1n) is 9.11. The Morgan fingerprint density at radius 2 is 1.19 bits per heavy atom. The van der Waals surface area contributed by atoms with Crippen molar-refractivity contribution in [3.63, 3.8) is 0 Å². The Bertz CT molecular complexity index is 1220. The molecule has 0 amide bonds. The summed E-state index contributed by atoms with van der Waals surface area (Å²) in [6.07, 6.45) is 9.47. The lowest BCUT2D eigenvalue weighted by Gasteiger charge is -2.09. The second-order valence-corrected chi connectivity index (χ2v) is 6.14. The first kappa shape index (κ1) is 17.0. The summed E-state index contributed by atoms with van der Waals surface area (Å²) in [5, 5.41) is 2.19. The minimum atomic E-state index is 0.895. The number of nitrogens with one attached hydrogen (secondary N) is 2. The molecule has 0 atom stereocenters. The Morgan fingerprint density at radius 3 is 1.85 bits per heavy atom. The van der Waals surface area contributed by atoms with Crippen molar-refractivity contribution in [3.05, 3.63) is 67.0 Å². The Morgan fingerprint density at radius 1 is 0.667 bits per heavy atom. The number of H-pyrrole nitrogens is 2. The minimum absolute atomic E-state index is 0.895. The van der Waals surface area contributed by atoms with Crippen molar-refractivity contribution in [2.75, 3.05) is 0 Å². The van der Waals surface area contributed by atoms with Crippen LogP contribution in [0.4, 0.5) is 0 Å². The summed E-state index contributed by atoms with van der Waals surface area (Å²) in [5.41, 5.74) is 7.02. The van der Waals surface area contributed by atoms with Crippen molar-refractivity contribution in [3.8, 4) is 22.3 Å². The molecule has 0 unspecified atom stereocenters. The average molecular weight is 355 g/mol. The Hall–Kier alpha value is -3.47. The van der Waals surface area contributed by atoms with Crippen LogP contribution in [0.25, 0.3) is 44.3 Å². The fourth-order valence-electron chi connectivity index (χ4n) is 3.17. The summed E-state index contributed by atoms with van der Waals surface area (Å²) >= 11 is 0. The molecule has 5 rings (SSSR count). The molecule has 5 aromatic heterocycles. The van der Waals surface area contributed by atoms with Gasteiger partial charge in [-0.2, -0.15) is 0 Å². The van der Waals surface area contributed by atoms with Crippen molar-refractivity contribution in [2.24, 2.45) is 0 Å². The van der Waals surface area contributed by atoms with E-state index in [1.807, 2.05) is 63.9 Å². The van der Waals surface area contributed by atoms with Crippen LogP contribution in [0.15, 0.2) is 61.3 Å². The van der Waals surface area contributed by atoms with Gasteiger partial charge in [-0.25, -0.2) is 9.97 Å². The highest BCUT2D eigenvalue weighted by Gasteiger charge is 2.09. The molecule has 2 N–H and O–H groups in total. The van der Waals surface area contributed by atoms with E-state index in [9.17, 15) is 0 Å². The SMILES string of the molecule is CC.Cc1ncc(-c2cnc3[nH]ccc3c2)cc1-c1cnc2[nH]ccc2c1. The Kier molecular flexibility index (Phi) is 4.42. The Labute approximate surface area is 157 Å². The molecule has 5 heterocycles. The van der Waals surface area contributed by atoms with Crippen LogP contribution >= 0.6 is 0 Å². The second-order valence-electron chi connectivity index (χ2n) is 6.14. The highest BCUT2D eigenvalue weighted by atomic mass is 14.8. The first-order valence-corrected chi connectivity index (χ1v) is 9.11. The molecule has 5 heteroatoms. The van der Waals surface area contributed by atoms with E-state index in [1.54, 1.807) is 0 Å².